The number of carbonyl (C=O) groups excluding carboxylic acids is 2. The summed E-state index contributed by atoms with van der Waals surface area (Å²) in [7, 11) is 0. The number of hydrogen-bond acceptors (Lipinski definition) is 9. The maximum Gasteiger partial charge on any atom is 0.416 e. The van der Waals surface area contributed by atoms with Crippen LogP contribution in [0.1, 0.15) is 48.0 Å². The van der Waals surface area contributed by atoms with E-state index < -0.39 is 41.4 Å². The van der Waals surface area contributed by atoms with Gasteiger partial charge in [0.05, 0.1) is 42.3 Å². The number of nitrogens with one attached hydrogen (secondary N) is 1. The van der Waals surface area contributed by atoms with Gasteiger partial charge in [0, 0.05) is 44.1 Å². The van der Waals surface area contributed by atoms with Crippen molar-refractivity contribution >= 4 is 35.0 Å². The zero-order chi connectivity index (χ0) is 33.2. The number of amides is 2. The second-order valence-electron chi connectivity index (χ2n) is 13.8. The quantitative estimate of drug-likeness (QED) is 0.395. The number of anilines is 1. The number of likely N-dealkylation sites (tertiary alicyclic amines) is 1. The van der Waals surface area contributed by atoms with Gasteiger partial charge in [-0.1, -0.05) is 18.2 Å². The molecule has 3 atom stereocenters. The zero-order valence-corrected chi connectivity index (χ0v) is 27.4. The molecule has 2 aromatic heterocycles. The number of imidazole rings is 1. The van der Waals surface area contributed by atoms with Crippen LogP contribution in [0, 0.1) is 5.92 Å². The largest absolute Gasteiger partial charge is 0.480 e. The lowest BCUT2D eigenvalue weighted by atomic mass is 10.1. The third-order valence-corrected chi connectivity index (χ3v) is 7.72. The summed E-state index contributed by atoms with van der Waals surface area (Å²) in [6, 6.07) is 9.27. The normalized spacial score (nSPS) is 20.7. The summed E-state index contributed by atoms with van der Waals surface area (Å²) < 4.78 is 19.1. The minimum atomic E-state index is -1.19. The highest BCUT2D eigenvalue weighted by atomic mass is 16.6. The SMILES string of the molecule is CC(C)(C)OC(=O)N1C[C@@H](N(C(=O)OC(C)(C)C)c2cccc(-c3cccc4c3ncn4C[C@@H]3CNCCOC3)n2)CC1C(=O)O. The molecule has 2 aliphatic heterocycles. The summed E-state index contributed by atoms with van der Waals surface area (Å²) in [5.41, 5.74) is 1.42. The Balaban J connectivity index is 1.49. The Morgan fingerprint density at radius 2 is 1.80 bits per heavy atom. The van der Waals surface area contributed by atoms with Gasteiger partial charge in [0.15, 0.2) is 0 Å². The molecule has 2 fully saturated rings. The number of rotatable bonds is 6. The zero-order valence-electron chi connectivity index (χ0n) is 27.4. The van der Waals surface area contributed by atoms with E-state index in [1.807, 2.05) is 30.6 Å². The van der Waals surface area contributed by atoms with Crippen molar-refractivity contribution < 1.29 is 33.7 Å². The lowest BCUT2D eigenvalue weighted by Gasteiger charge is -2.31. The molecule has 0 radical (unpaired) electrons. The Morgan fingerprint density at radius 1 is 1.07 bits per heavy atom. The number of aromatic nitrogens is 3. The molecule has 4 heterocycles. The number of aliphatic carboxylic acids is 1. The van der Waals surface area contributed by atoms with E-state index in [1.54, 1.807) is 53.7 Å². The maximum atomic E-state index is 13.8. The summed E-state index contributed by atoms with van der Waals surface area (Å²) in [5, 5.41) is 13.4. The van der Waals surface area contributed by atoms with Crippen molar-refractivity contribution in [2.24, 2.45) is 5.92 Å². The first-order chi connectivity index (χ1) is 21.7. The highest BCUT2D eigenvalue weighted by Gasteiger charge is 2.46. The fraction of sp³-hybridized carbons (Fsp3) is 0.545. The van der Waals surface area contributed by atoms with Crippen molar-refractivity contribution in [2.45, 2.75) is 77.8 Å². The molecule has 248 valence electrons. The topological polar surface area (TPSA) is 148 Å². The number of fused-ring (bicyclic) bond motifs is 1. The van der Waals surface area contributed by atoms with Crippen LogP contribution in [-0.2, 0) is 25.5 Å². The summed E-state index contributed by atoms with van der Waals surface area (Å²) in [6.07, 6.45) is 0.339. The minimum Gasteiger partial charge on any atom is -0.480 e. The molecule has 5 rings (SSSR count). The molecule has 3 aromatic rings. The maximum absolute atomic E-state index is 13.8. The van der Waals surface area contributed by atoms with Crippen LogP contribution in [-0.4, -0.2) is 98.8 Å². The van der Waals surface area contributed by atoms with Crippen molar-refractivity contribution in [1.29, 1.82) is 0 Å². The van der Waals surface area contributed by atoms with Crippen LogP contribution >= 0.6 is 0 Å². The Kier molecular flexibility index (Phi) is 9.54. The second-order valence-corrected chi connectivity index (χ2v) is 13.8. The first-order valence-electron chi connectivity index (χ1n) is 15.6. The molecule has 0 bridgehead atoms. The Morgan fingerprint density at radius 3 is 2.52 bits per heavy atom. The van der Waals surface area contributed by atoms with Gasteiger partial charge in [-0.15, -0.1) is 0 Å². The van der Waals surface area contributed by atoms with E-state index in [0.717, 1.165) is 41.1 Å². The smallest absolute Gasteiger partial charge is 0.416 e. The van der Waals surface area contributed by atoms with Crippen molar-refractivity contribution in [2.75, 3.05) is 37.7 Å². The lowest BCUT2D eigenvalue weighted by Crippen LogP contribution is -2.46. The van der Waals surface area contributed by atoms with Gasteiger partial charge in [-0.2, -0.15) is 0 Å². The standard InChI is InChI=1S/C33H44N6O7/c1-32(2,3)45-30(42)38-18-22(15-26(38)29(40)41)39(31(43)46-33(4,5)6)27-12-8-10-24(36-27)23-9-7-11-25-28(23)35-20-37(25)17-21-16-34-13-14-44-19-21/h7-12,20-22,26,34H,13-19H2,1-6H3,(H,40,41)/t21-,22-,26?/m0/s1. The minimum absolute atomic E-state index is 0.0283. The molecule has 0 saturated carbocycles. The molecule has 0 aliphatic carbocycles. The predicted molar refractivity (Wildman–Crippen MR) is 172 cm³/mol. The highest BCUT2D eigenvalue weighted by molar-refractivity contribution is 5.93. The molecule has 13 nitrogen and oxygen atoms in total. The number of para-hydroxylation sites is 1. The molecule has 2 N–H and O–H groups in total. The van der Waals surface area contributed by atoms with Crippen LogP contribution < -0.4 is 10.2 Å². The molecule has 2 saturated heterocycles. The van der Waals surface area contributed by atoms with Gasteiger partial charge in [-0.25, -0.2) is 24.4 Å². The first kappa shape index (κ1) is 33.1. The molecular weight excluding hydrogens is 592 g/mol. The van der Waals surface area contributed by atoms with Crippen molar-refractivity contribution in [1.82, 2.24) is 24.8 Å². The number of ether oxygens (including phenoxy) is 3. The molecular formula is C33H44N6O7. The van der Waals surface area contributed by atoms with E-state index >= 15 is 0 Å². The number of benzene rings is 1. The van der Waals surface area contributed by atoms with Gasteiger partial charge >= 0.3 is 18.2 Å². The van der Waals surface area contributed by atoms with E-state index in [0.29, 0.717) is 24.8 Å². The summed E-state index contributed by atoms with van der Waals surface area (Å²) in [4.78, 5) is 51.2. The molecule has 1 unspecified atom stereocenters. The third-order valence-electron chi connectivity index (χ3n) is 7.72. The van der Waals surface area contributed by atoms with Crippen LogP contribution in [0.15, 0.2) is 42.7 Å². The first-order valence-corrected chi connectivity index (χ1v) is 15.6. The molecule has 13 heteroatoms. The number of hydrogen-bond donors (Lipinski definition) is 2. The fourth-order valence-electron chi connectivity index (χ4n) is 5.80. The Bertz CT molecular complexity index is 1570. The van der Waals surface area contributed by atoms with Crippen LogP contribution in [0.25, 0.3) is 22.3 Å². The van der Waals surface area contributed by atoms with E-state index in [-0.39, 0.29) is 18.8 Å². The molecule has 2 aliphatic rings. The van der Waals surface area contributed by atoms with E-state index in [9.17, 15) is 19.5 Å². The van der Waals surface area contributed by atoms with Crippen molar-refractivity contribution in [3.63, 3.8) is 0 Å². The average molecular weight is 637 g/mol. The summed E-state index contributed by atoms with van der Waals surface area (Å²) in [5.74, 6) is -0.619. The van der Waals surface area contributed by atoms with Crippen LogP contribution in [0.5, 0.6) is 0 Å². The van der Waals surface area contributed by atoms with Gasteiger partial charge < -0.3 is 29.2 Å². The number of carboxylic acids is 1. The van der Waals surface area contributed by atoms with Gasteiger partial charge in [-0.05, 0) is 59.7 Å². The van der Waals surface area contributed by atoms with E-state index in [1.165, 1.54) is 4.90 Å². The number of carbonyl (C=O) groups is 3. The molecule has 0 spiro atoms. The molecule has 1 aromatic carbocycles. The molecule has 2 amide bonds. The summed E-state index contributed by atoms with van der Waals surface area (Å²) >= 11 is 0. The van der Waals surface area contributed by atoms with Crippen LogP contribution in [0.2, 0.25) is 0 Å². The van der Waals surface area contributed by atoms with Crippen molar-refractivity contribution in [3.05, 3.63) is 42.7 Å². The van der Waals surface area contributed by atoms with Crippen molar-refractivity contribution in [3.8, 4) is 11.3 Å². The number of pyridine rings is 1. The van der Waals surface area contributed by atoms with Crippen LogP contribution in [0.3, 0.4) is 0 Å². The van der Waals surface area contributed by atoms with Gasteiger partial charge in [-0.3, -0.25) is 9.80 Å². The number of nitrogens with zero attached hydrogens (tertiary/aromatic N) is 5. The van der Waals surface area contributed by atoms with Crippen LogP contribution in [0.4, 0.5) is 15.4 Å². The highest BCUT2D eigenvalue weighted by Crippen LogP contribution is 2.32. The number of carboxylic acid groups (broad SMARTS) is 1. The average Bonchev–Trinajstić information content (AvgIpc) is 3.49. The third kappa shape index (κ3) is 7.76. The fourth-order valence-corrected chi connectivity index (χ4v) is 5.80. The Labute approximate surface area is 268 Å². The van der Waals surface area contributed by atoms with Gasteiger partial charge in [0.25, 0.3) is 0 Å². The molecule has 46 heavy (non-hydrogen) atoms. The van der Waals surface area contributed by atoms with E-state index in [2.05, 4.69) is 9.88 Å². The van der Waals surface area contributed by atoms with Gasteiger partial charge in [0.2, 0.25) is 0 Å². The second kappa shape index (κ2) is 13.2. The predicted octanol–water partition coefficient (Wildman–Crippen LogP) is 4.54. The van der Waals surface area contributed by atoms with Gasteiger partial charge in [0.1, 0.15) is 23.1 Å². The van der Waals surface area contributed by atoms with E-state index in [4.69, 9.17) is 24.2 Å². The monoisotopic (exact) mass is 636 g/mol. The lowest BCUT2D eigenvalue weighted by molar-refractivity contribution is -0.142. The Hall–Kier alpha value is -4.23. The summed E-state index contributed by atoms with van der Waals surface area (Å²) in [6.45, 7) is 14.1.